The van der Waals surface area contributed by atoms with Gasteiger partial charge in [0.1, 0.15) is 17.1 Å². The van der Waals surface area contributed by atoms with Gasteiger partial charge in [-0.15, -0.1) is 0 Å². The number of benzene rings is 2. The molecule has 0 unspecified atom stereocenters. The number of urea groups is 1. The first kappa shape index (κ1) is 20.1. The van der Waals surface area contributed by atoms with Crippen LogP contribution in [0.25, 0.3) is 17.4 Å². The molecule has 0 saturated carbocycles. The van der Waals surface area contributed by atoms with E-state index >= 15 is 0 Å². The molecule has 0 radical (unpaired) electrons. The Labute approximate surface area is 180 Å². The Kier molecular flexibility index (Phi) is 5.14. The molecule has 0 spiro atoms. The zero-order valence-electron chi connectivity index (χ0n) is 15.7. The van der Waals surface area contributed by atoms with E-state index in [0.717, 1.165) is 4.90 Å². The largest absolute Gasteiger partial charge is 0.478 e. The van der Waals surface area contributed by atoms with Crippen molar-refractivity contribution in [3.63, 3.8) is 0 Å². The van der Waals surface area contributed by atoms with Crippen LogP contribution in [0, 0.1) is 0 Å². The predicted octanol–water partition coefficient (Wildman–Crippen LogP) is 3.96. The highest BCUT2D eigenvalue weighted by molar-refractivity contribution is 6.39. The smallest absolute Gasteiger partial charge is 0.335 e. The average molecular weight is 437 g/mol. The van der Waals surface area contributed by atoms with Gasteiger partial charge in [0.25, 0.3) is 11.8 Å². The van der Waals surface area contributed by atoms with Crippen molar-refractivity contribution < 1.29 is 28.7 Å². The van der Waals surface area contributed by atoms with Crippen LogP contribution in [0.4, 0.5) is 10.5 Å². The zero-order valence-corrected chi connectivity index (χ0v) is 16.4. The Balaban J connectivity index is 1.63. The number of halogens is 1. The van der Waals surface area contributed by atoms with Gasteiger partial charge < -0.3 is 9.52 Å². The minimum absolute atomic E-state index is 0.133. The second-order valence-corrected chi connectivity index (χ2v) is 6.96. The molecule has 1 fully saturated rings. The zero-order chi connectivity index (χ0) is 22.1. The summed E-state index contributed by atoms with van der Waals surface area (Å²) < 4.78 is 5.68. The van der Waals surface area contributed by atoms with Crippen molar-refractivity contribution in [2.45, 2.75) is 0 Å². The molecule has 1 aliphatic rings. The number of nitrogens with one attached hydrogen (secondary N) is 1. The van der Waals surface area contributed by atoms with E-state index in [1.807, 2.05) is 0 Å². The van der Waals surface area contributed by atoms with Crippen molar-refractivity contribution >= 4 is 47.2 Å². The van der Waals surface area contributed by atoms with Crippen LogP contribution >= 0.6 is 11.6 Å². The summed E-state index contributed by atoms with van der Waals surface area (Å²) in [4.78, 5) is 49.1. The summed E-state index contributed by atoms with van der Waals surface area (Å²) >= 11 is 5.85. The molecule has 2 N–H and O–H groups in total. The van der Waals surface area contributed by atoms with Gasteiger partial charge in [0.05, 0.1) is 11.3 Å². The number of nitrogens with zero attached hydrogens (tertiary/aromatic N) is 1. The van der Waals surface area contributed by atoms with Gasteiger partial charge in [0.2, 0.25) is 0 Å². The van der Waals surface area contributed by atoms with E-state index in [1.54, 1.807) is 24.3 Å². The topological polar surface area (TPSA) is 117 Å². The van der Waals surface area contributed by atoms with Gasteiger partial charge in [-0.25, -0.2) is 14.5 Å². The maximum Gasteiger partial charge on any atom is 0.335 e. The van der Waals surface area contributed by atoms with Gasteiger partial charge in [-0.2, -0.15) is 0 Å². The van der Waals surface area contributed by atoms with Crippen LogP contribution in [0.15, 0.2) is 70.7 Å². The van der Waals surface area contributed by atoms with Gasteiger partial charge in [-0.3, -0.25) is 14.9 Å². The fourth-order valence-corrected chi connectivity index (χ4v) is 3.11. The first-order valence-electron chi connectivity index (χ1n) is 8.94. The normalized spacial score (nSPS) is 15.3. The average Bonchev–Trinajstić information content (AvgIpc) is 3.21. The Bertz CT molecular complexity index is 1240. The number of carboxylic acid groups (broad SMARTS) is 1. The maximum absolute atomic E-state index is 12.9. The van der Waals surface area contributed by atoms with Crippen LogP contribution in [0.5, 0.6) is 0 Å². The van der Waals surface area contributed by atoms with Crippen LogP contribution < -0.4 is 10.2 Å². The molecule has 8 nitrogen and oxygen atoms in total. The summed E-state index contributed by atoms with van der Waals surface area (Å²) in [5.41, 5.74) is 0.724. The van der Waals surface area contributed by atoms with Crippen LogP contribution in [-0.2, 0) is 9.59 Å². The van der Waals surface area contributed by atoms with E-state index in [4.69, 9.17) is 21.1 Å². The molecule has 2 heterocycles. The Morgan fingerprint density at radius 3 is 2.29 bits per heavy atom. The fraction of sp³-hybridized carbons (Fsp3) is 0. The second kappa shape index (κ2) is 7.92. The number of anilines is 1. The molecule has 0 bridgehead atoms. The Hall–Kier alpha value is -4.17. The van der Waals surface area contributed by atoms with Crippen LogP contribution in [0.2, 0.25) is 5.02 Å². The van der Waals surface area contributed by atoms with Crippen molar-refractivity contribution in [2.24, 2.45) is 0 Å². The highest BCUT2D eigenvalue weighted by Crippen LogP contribution is 2.26. The van der Waals surface area contributed by atoms with Crippen LogP contribution in [0.1, 0.15) is 16.1 Å². The lowest BCUT2D eigenvalue weighted by Crippen LogP contribution is -2.54. The highest BCUT2D eigenvalue weighted by Gasteiger charge is 2.37. The van der Waals surface area contributed by atoms with E-state index in [9.17, 15) is 19.2 Å². The molecule has 1 saturated heterocycles. The maximum atomic E-state index is 12.9. The number of rotatable bonds is 4. The van der Waals surface area contributed by atoms with Crippen LogP contribution in [0.3, 0.4) is 0 Å². The second-order valence-electron chi connectivity index (χ2n) is 6.52. The third kappa shape index (κ3) is 3.96. The Morgan fingerprint density at radius 1 is 0.968 bits per heavy atom. The van der Waals surface area contributed by atoms with E-state index < -0.39 is 23.8 Å². The molecule has 9 heteroatoms. The van der Waals surface area contributed by atoms with Crippen molar-refractivity contribution in [2.75, 3.05) is 4.90 Å². The summed E-state index contributed by atoms with van der Waals surface area (Å²) in [7, 11) is 0. The number of amides is 4. The van der Waals surface area contributed by atoms with Crippen molar-refractivity contribution in [1.29, 1.82) is 0 Å². The fourth-order valence-electron chi connectivity index (χ4n) is 2.99. The van der Waals surface area contributed by atoms with Gasteiger partial charge in [0, 0.05) is 10.6 Å². The minimum atomic E-state index is -1.04. The van der Waals surface area contributed by atoms with Crippen molar-refractivity contribution in [3.05, 3.63) is 82.6 Å². The SMILES string of the molecule is O=C1NC(=O)N(c2ccc(Cl)cc2)C(=O)C1=Cc1ccc(-c2ccc(C(=O)O)cc2)o1. The summed E-state index contributed by atoms with van der Waals surface area (Å²) in [5, 5.41) is 11.5. The predicted molar refractivity (Wildman–Crippen MR) is 112 cm³/mol. The summed E-state index contributed by atoms with van der Waals surface area (Å²) in [6.07, 6.45) is 1.24. The molecular formula is C22H13ClN2O6. The summed E-state index contributed by atoms with van der Waals surface area (Å²) in [6.45, 7) is 0. The number of carboxylic acids is 1. The third-order valence-electron chi connectivity index (χ3n) is 4.52. The quantitative estimate of drug-likeness (QED) is 0.472. The lowest BCUT2D eigenvalue weighted by Gasteiger charge is -2.26. The number of imide groups is 2. The summed E-state index contributed by atoms with van der Waals surface area (Å²) in [5.74, 6) is -2.07. The molecule has 0 aliphatic carbocycles. The Morgan fingerprint density at radius 2 is 1.65 bits per heavy atom. The lowest BCUT2D eigenvalue weighted by atomic mass is 10.1. The molecule has 4 rings (SSSR count). The molecule has 3 aromatic rings. The third-order valence-corrected chi connectivity index (χ3v) is 4.77. The van der Waals surface area contributed by atoms with E-state index in [0.29, 0.717) is 16.3 Å². The van der Waals surface area contributed by atoms with E-state index in [1.165, 1.54) is 42.5 Å². The van der Waals surface area contributed by atoms with Crippen molar-refractivity contribution in [1.82, 2.24) is 5.32 Å². The molecular weight excluding hydrogens is 424 g/mol. The number of furan rings is 1. The minimum Gasteiger partial charge on any atom is -0.478 e. The molecule has 31 heavy (non-hydrogen) atoms. The monoisotopic (exact) mass is 436 g/mol. The summed E-state index contributed by atoms with van der Waals surface area (Å²) in [6, 6.07) is 14.4. The number of hydrogen-bond acceptors (Lipinski definition) is 5. The number of hydrogen-bond donors (Lipinski definition) is 2. The van der Waals surface area contributed by atoms with Gasteiger partial charge in [-0.05, 0) is 54.6 Å². The first-order valence-corrected chi connectivity index (χ1v) is 9.32. The standard InChI is InChI=1S/C22H13ClN2O6/c23-14-5-7-15(8-6-14)25-20(27)17(19(26)24-22(25)30)11-16-9-10-18(31-16)12-1-3-13(4-2-12)21(28)29/h1-11H,(H,28,29)(H,24,26,30). The molecule has 1 aromatic heterocycles. The van der Waals surface area contributed by atoms with Gasteiger partial charge in [-0.1, -0.05) is 23.7 Å². The number of aromatic carboxylic acids is 1. The lowest BCUT2D eigenvalue weighted by molar-refractivity contribution is -0.122. The van der Waals surface area contributed by atoms with Crippen molar-refractivity contribution in [3.8, 4) is 11.3 Å². The molecule has 0 atom stereocenters. The highest BCUT2D eigenvalue weighted by atomic mass is 35.5. The van der Waals surface area contributed by atoms with Gasteiger partial charge in [0.15, 0.2) is 0 Å². The molecule has 2 aromatic carbocycles. The number of carbonyl (C=O) groups excluding carboxylic acids is 3. The number of carbonyl (C=O) groups is 4. The molecule has 154 valence electrons. The number of barbiturate groups is 1. The van der Waals surface area contributed by atoms with Gasteiger partial charge >= 0.3 is 12.0 Å². The van der Waals surface area contributed by atoms with E-state index in [2.05, 4.69) is 5.32 Å². The first-order chi connectivity index (χ1) is 14.8. The van der Waals surface area contributed by atoms with E-state index in [-0.39, 0.29) is 22.6 Å². The van der Waals surface area contributed by atoms with Crippen LogP contribution in [-0.4, -0.2) is 28.9 Å². The molecule has 1 aliphatic heterocycles. The molecule has 4 amide bonds.